The number of aliphatic hydroxyl groups excluding tert-OH is 1. The molecule has 1 heterocycles. The van der Waals surface area contributed by atoms with E-state index in [1.807, 2.05) is 38.1 Å². The van der Waals surface area contributed by atoms with Crippen molar-refractivity contribution in [2.75, 3.05) is 5.75 Å². The van der Waals surface area contributed by atoms with E-state index in [0.29, 0.717) is 0 Å². The molecule has 0 spiro atoms. The van der Waals surface area contributed by atoms with E-state index in [-0.39, 0.29) is 24.5 Å². The fourth-order valence-corrected chi connectivity index (χ4v) is 3.91. The third-order valence-electron chi connectivity index (χ3n) is 5.69. The minimum Gasteiger partial charge on any atom is -0.480 e. The van der Waals surface area contributed by atoms with Crippen LogP contribution < -0.4 is 21.7 Å². The quantitative estimate of drug-likeness (QED) is 0.169. The van der Waals surface area contributed by atoms with Crippen LogP contribution in [0.15, 0.2) is 30.5 Å². The van der Waals surface area contributed by atoms with Crippen molar-refractivity contribution in [1.29, 1.82) is 0 Å². The Hall–Kier alpha value is -3.09. The van der Waals surface area contributed by atoms with E-state index < -0.39 is 54.0 Å². The Morgan fingerprint density at radius 2 is 1.56 bits per heavy atom. The number of para-hydroxylation sites is 1. The molecule has 0 saturated carbocycles. The molecule has 0 aliphatic rings. The molecule has 36 heavy (non-hydrogen) atoms. The van der Waals surface area contributed by atoms with E-state index >= 15 is 0 Å². The van der Waals surface area contributed by atoms with Crippen LogP contribution in [0.2, 0.25) is 0 Å². The molecule has 11 nitrogen and oxygen atoms in total. The van der Waals surface area contributed by atoms with Crippen LogP contribution in [-0.4, -0.2) is 74.9 Å². The minimum absolute atomic E-state index is 0.0136. The number of carbonyl (C=O) groups is 4. The molecule has 0 fully saturated rings. The summed E-state index contributed by atoms with van der Waals surface area (Å²) in [7, 11) is 0. The van der Waals surface area contributed by atoms with E-state index in [1.54, 1.807) is 6.20 Å². The van der Waals surface area contributed by atoms with Gasteiger partial charge in [0, 0.05) is 29.3 Å². The van der Waals surface area contributed by atoms with E-state index in [0.717, 1.165) is 16.5 Å². The summed E-state index contributed by atoms with van der Waals surface area (Å²) in [6.07, 6.45) is 0.862. The molecule has 5 atom stereocenters. The lowest BCUT2D eigenvalue weighted by Gasteiger charge is -2.25. The predicted molar refractivity (Wildman–Crippen MR) is 138 cm³/mol. The predicted octanol–water partition coefficient (Wildman–Crippen LogP) is -0.0666. The molecule has 0 aliphatic heterocycles. The van der Waals surface area contributed by atoms with Crippen molar-refractivity contribution in [3.63, 3.8) is 0 Å². The summed E-state index contributed by atoms with van der Waals surface area (Å²) < 4.78 is 0. The van der Waals surface area contributed by atoms with Gasteiger partial charge >= 0.3 is 5.97 Å². The first-order valence-corrected chi connectivity index (χ1v) is 12.3. The van der Waals surface area contributed by atoms with Crippen molar-refractivity contribution in [3.8, 4) is 0 Å². The number of hydrogen-bond donors (Lipinski definition) is 8. The molecule has 12 heteroatoms. The molecule has 8 N–H and O–H groups in total. The highest BCUT2D eigenvalue weighted by Gasteiger charge is 2.31. The number of amides is 3. The van der Waals surface area contributed by atoms with Gasteiger partial charge in [0.1, 0.15) is 24.2 Å². The molecule has 2 rings (SSSR count). The van der Waals surface area contributed by atoms with E-state index in [2.05, 4.69) is 33.6 Å². The van der Waals surface area contributed by atoms with Gasteiger partial charge in [-0.25, -0.2) is 4.79 Å². The smallest absolute Gasteiger partial charge is 0.326 e. The molecule has 1 aromatic heterocycles. The molecule has 3 amide bonds. The first-order valence-electron chi connectivity index (χ1n) is 11.7. The molecular formula is C24H35N5O6S. The van der Waals surface area contributed by atoms with Gasteiger partial charge < -0.3 is 36.9 Å². The number of nitrogens with two attached hydrogens (primary N) is 1. The summed E-state index contributed by atoms with van der Waals surface area (Å²) in [4.78, 5) is 53.1. The molecule has 1 aromatic carbocycles. The number of carboxylic acid groups (broad SMARTS) is 1. The Morgan fingerprint density at radius 3 is 2.14 bits per heavy atom. The standard InChI is InChI=1S/C24H35N5O6S/c1-12(2)8-17(27-23(33)20(25)13(3)30)21(31)29-19(11-36)22(32)28-18(24(34)35)9-14-10-26-16-7-5-4-6-15(14)16/h4-7,10,12-13,17-20,26,30,36H,8-9,11,25H2,1-3H3,(H,27,33)(H,28,32)(H,29,31)(H,34,35). The molecule has 0 radical (unpaired) electrons. The van der Waals surface area contributed by atoms with Crippen LogP contribution in [0.5, 0.6) is 0 Å². The molecule has 0 bridgehead atoms. The molecule has 0 saturated heterocycles. The largest absolute Gasteiger partial charge is 0.480 e. The van der Waals surface area contributed by atoms with Crippen LogP contribution >= 0.6 is 12.6 Å². The number of aromatic amines is 1. The second-order valence-electron chi connectivity index (χ2n) is 9.16. The van der Waals surface area contributed by atoms with Crippen molar-refractivity contribution < 1.29 is 29.4 Å². The van der Waals surface area contributed by atoms with Crippen molar-refractivity contribution >= 4 is 47.2 Å². The number of thiol groups is 1. The molecule has 5 unspecified atom stereocenters. The highest BCUT2D eigenvalue weighted by Crippen LogP contribution is 2.19. The molecular weight excluding hydrogens is 486 g/mol. The van der Waals surface area contributed by atoms with Gasteiger partial charge in [0.05, 0.1) is 6.10 Å². The number of rotatable bonds is 13. The van der Waals surface area contributed by atoms with Gasteiger partial charge in [-0.3, -0.25) is 14.4 Å². The van der Waals surface area contributed by atoms with E-state index in [1.165, 1.54) is 6.92 Å². The van der Waals surface area contributed by atoms with Gasteiger partial charge in [0.25, 0.3) is 0 Å². The monoisotopic (exact) mass is 521 g/mol. The molecule has 2 aromatic rings. The van der Waals surface area contributed by atoms with Crippen molar-refractivity contribution in [2.24, 2.45) is 11.7 Å². The number of aliphatic carboxylic acids is 1. The number of carbonyl (C=O) groups excluding carboxylic acids is 3. The maximum atomic E-state index is 12.9. The number of nitrogens with one attached hydrogen (secondary N) is 4. The summed E-state index contributed by atoms with van der Waals surface area (Å²) in [5.74, 6) is -3.39. The summed E-state index contributed by atoms with van der Waals surface area (Å²) >= 11 is 4.14. The Balaban J connectivity index is 2.10. The average molecular weight is 522 g/mol. The first kappa shape index (κ1) is 29.1. The number of fused-ring (bicyclic) bond motifs is 1. The van der Waals surface area contributed by atoms with Gasteiger partial charge in [-0.15, -0.1) is 0 Å². The fourth-order valence-electron chi connectivity index (χ4n) is 3.65. The van der Waals surface area contributed by atoms with Gasteiger partial charge in [-0.05, 0) is 30.9 Å². The molecule has 0 aliphatic carbocycles. The summed E-state index contributed by atoms with van der Waals surface area (Å²) in [5.41, 5.74) is 7.23. The SMILES string of the molecule is CC(C)CC(NC(=O)C(N)C(C)O)C(=O)NC(CS)C(=O)NC(Cc1c[nH]c2ccccc12)C(=O)O. The van der Waals surface area contributed by atoms with Crippen LogP contribution in [-0.2, 0) is 25.6 Å². The highest BCUT2D eigenvalue weighted by atomic mass is 32.1. The summed E-state index contributed by atoms with van der Waals surface area (Å²) in [6.45, 7) is 5.07. The van der Waals surface area contributed by atoms with Crippen LogP contribution in [0.3, 0.4) is 0 Å². The molecule has 198 valence electrons. The maximum Gasteiger partial charge on any atom is 0.326 e. The van der Waals surface area contributed by atoms with E-state index in [4.69, 9.17) is 5.73 Å². The fraction of sp³-hybridized carbons (Fsp3) is 0.500. The number of aromatic nitrogens is 1. The number of carboxylic acids is 1. The zero-order chi connectivity index (χ0) is 27.0. The van der Waals surface area contributed by atoms with Gasteiger partial charge in [-0.1, -0.05) is 32.0 Å². The van der Waals surface area contributed by atoms with Crippen LogP contribution in [0.25, 0.3) is 10.9 Å². The zero-order valence-corrected chi connectivity index (χ0v) is 21.4. The third kappa shape index (κ3) is 7.97. The second kappa shape index (κ2) is 13.3. The lowest BCUT2D eigenvalue weighted by Crippen LogP contribution is -2.58. The van der Waals surface area contributed by atoms with Crippen LogP contribution in [0.4, 0.5) is 0 Å². The normalized spacial score (nSPS) is 15.5. The Kier molecular flexibility index (Phi) is 10.8. The Morgan fingerprint density at radius 1 is 0.972 bits per heavy atom. The van der Waals surface area contributed by atoms with Crippen molar-refractivity contribution in [3.05, 3.63) is 36.0 Å². The van der Waals surface area contributed by atoms with E-state index in [9.17, 15) is 29.4 Å². The van der Waals surface area contributed by atoms with Crippen LogP contribution in [0.1, 0.15) is 32.8 Å². The maximum absolute atomic E-state index is 12.9. The lowest BCUT2D eigenvalue weighted by molar-refractivity contribution is -0.142. The number of benzene rings is 1. The highest BCUT2D eigenvalue weighted by molar-refractivity contribution is 7.80. The first-order chi connectivity index (χ1) is 16.9. The summed E-state index contributed by atoms with van der Waals surface area (Å²) in [6, 6.07) is 2.77. The topological polar surface area (TPSA) is 187 Å². The Labute approximate surface area is 215 Å². The van der Waals surface area contributed by atoms with Crippen molar-refractivity contribution in [2.45, 2.75) is 63.9 Å². The Bertz CT molecular complexity index is 1070. The van der Waals surface area contributed by atoms with Crippen molar-refractivity contribution in [1.82, 2.24) is 20.9 Å². The number of hydrogen-bond acceptors (Lipinski definition) is 7. The summed E-state index contributed by atoms with van der Waals surface area (Å²) in [5, 5.41) is 27.6. The lowest BCUT2D eigenvalue weighted by atomic mass is 10.0. The third-order valence-corrected chi connectivity index (χ3v) is 6.06. The number of aliphatic hydroxyl groups is 1. The van der Waals surface area contributed by atoms with Gasteiger partial charge in [0.15, 0.2) is 0 Å². The van der Waals surface area contributed by atoms with Gasteiger partial charge in [-0.2, -0.15) is 12.6 Å². The average Bonchev–Trinajstić information content (AvgIpc) is 3.23. The minimum atomic E-state index is -1.24. The van der Waals surface area contributed by atoms with Crippen LogP contribution in [0, 0.1) is 5.92 Å². The van der Waals surface area contributed by atoms with Gasteiger partial charge in [0.2, 0.25) is 17.7 Å². The second-order valence-corrected chi connectivity index (χ2v) is 9.53. The number of H-pyrrole nitrogens is 1. The zero-order valence-electron chi connectivity index (χ0n) is 20.5.